The van der Waals surface area contributed by atoms with Crippen molar-refractivity contribution in [2.45, 2.75) is 13.3 Å². The summed E-state index contributed by atoms with van der Waals surface area (Å²) in [5.41, 5.74) is 1.04. The average molecular weight is 378 g/mol. The van der Waals surface area contributed by atoms with Crippen molar-refractivity contribution in [2.75, 3.05) is 48.0 Å². The molecule has 2 aliphatic rings. The van der Waals surface area contributed by atoms with Gasteiger partial charge >= 0.3 is 0 Å². The molecular weight excluding hydrogens is 356 g/mol. The van der Waals surface area contributed by atoms with Gasteiger partial charge in [-0.15, -0.1) is 0 Å². The molecule has 1 aromatic heterocycles. The van der Waals surface area contributed by atoms with E-state index in [1.807, 2.05) is 12.1 Å². The molecule has 1 aromatic carbocycles. The number of benzene rings is 1. The van der Waals surface area contributed by atoms with E-state index in [1.54, 1.807) is 24.1 Å². The summed E-state index contributed by atoms with van der Waals surface area (Å²) < 4.78 is 5.39. The summed E-state index contributed by atoms with van der Waals surface area (Å²) in [7, 11) is 0. The Balaban J connectivity index is 1.47. The van der Waals surface area contributed by atoms with Crippen LogP contribution in [0.1, 0.15) is 13.3 Å². The lowest BCUT2D eigenvalue weighted by Gasteiger charge is -2.28. The van der Waals surface area contributed by atoms with Crippen molar-refractivity contribution >= 4 is 29.0 Å². The second-order valence-corrected chi connectivity index (χ2v) is 7.16. The maximum Gasteiger partial charge on any atom is 0.248 e. The van der Waals surface area contributed by atoms with Crippen LogP contribution in [0.4, 0.5) is 23.1 Å². The first-order valence-electron chi connectivity index (χ1n) is 9.35. The van der Waals surface area contributed by atoms with Gasteiger partial charge in [0, 0.05) is 37.2 Å². The standard InChI is InChI=1S/C20H22N6O2/c1-20(14-21)7-9-26(18(20)27)17-6-8-22-19(24-17)23-15-2-4-16(5-3-15)25-10-12-28-13-11-25/h2-6,8H,7,9-13H2,1H3,(H,22,23,24). The van der Waals surface area contributed by atoms with Crippen LogP contribution in [0.25, 0.3) is 0 Å². The lowest BCUT2D eigenvalue weighted by molar-refractivity contribution is -0.122. The Morgan fingerprint density at radius 2 is 1.93 bits per heavy atom. The predicted molar refractivity (Wildman–Crippen MR) is 105 cm³/mol. The van der Waals surface area contributed by atoms with Crippen LogP contribution in [-0.4, -0.2) is 48.7 Å². The second kappa shape index (κ2) is 7.44. The summed E-state index contributed by atoms with van der Waals surface area (Å²) in [4.78, 5) is 25.1. The summed E-state index contributed by atoms with van der Waals surface area (Å²) in [5.74, 6) is 0.705. The normalized spacial score (nSPS) is 22.2. The van der Waals surface area contributed by atoms with Gasteiger partial charge in [-0.2, -0.15) is 10.2 Å². The molecular formula is C20H22N6O2. The Labute approximate surface area is 163 Å². The zero-order valence-electron chi connectivity index (χ0n) is 15.8. The van der Waals surface area contributed by atoms with E-state index in [1.165, 1.54) is 0 Å². The van der Waals surface area contributed by atoms with E-state index in [0.717, 1.165) is 37.7 Å². The summed E-state index contributed by atoms with van der Waals surface area (Å²) >= 11 is 0. The molecule has 2 saturated heterocycles. The van der Waals surface area contributed by atoms with E-state index in [0.29, 0.717) is 24.7 Å². The Morgan fingerprint density at radius 1 is 1.18 bits per heavy atom. The Kier molecular flexibility index (Phi) is 4.84. The molecule has 2 aromatic rings. The van der Waals surface area contributed by atoms with Gasteiger partial charge in [0.15, 0.2) is 0 Å². The fourth-order valence-corrected chi connectivity index (χ4v) is 3.43. The minimum absolute atomic E-state index is 0.213. The Hall–Kier alpha value is -3.18. The lowest BCUT2D eigenvalue weighted by Crippen LogP contribution is -2.36. The van der Waals surface area contributed by atoms with Crippen LogP contribution in [-0.2, 0) is 9.53 Å². The van der Waals surface area contributed by atoms with Gasteiger partial charge in [0.2, 0.25) is 11.9 Å². The van der Waals surface area contributed by atoms with Gasteiger partial charge in [0.1, 0.15) is 11.2 Å². The van der Waals surface area contributed by atoms with E-state index in [9.17, 15) is 10.1 Å². The zero-order valence-corrected chi connectivity index (χ0v) is 15.8. The van der Waals surface area contributed by atoms with Crippen LogP contribution in [0, 0.1) is 16.7 Å². The highest BCUT2D eigenvalue weighted by Gasteiger charge is 2.44. The van der Waals surface area contributed by atoms with E-state index >= 15 is 0 Å². The summed E-state index contributed by atoms with van der Waals surface area (Å²) in [6.07, 6.45) is 2.11. The van der Waals surface area contributed by atoms with E-state index in [2.05, 4.69) is 38.4 Å². The molecule has 1 atom stereocenters. The molecule has 4 rings (SSSR count). The van der Waals surface area contributed by atoms with Crippen LogP contribution in [0.5, 0.6) is 0 Å². The zero-order chi connectivity index (χ0) is 19.6. The number of rotatable bonds is 4. The third-order valence-corrected chi connectivity index (χ3v) is 5.22. The fraction of sp³-hybridized carbons (Fsp3) is 0.400. The van der Waals surface area contributed by atoms with Gasteiger partial charge in [-0.25, -0.2) is 4.98 Å². The van der Waals surface area contributed by atoms with E-state index in [4.69, 9.17) is 4.74 Å². The monoisotopic (exact) mass is 378 g/mol. The van der Waals surface area contributed by atoms with Crippen LogP contribution >= 0.6 is 0 Å². The maximum absolute atomic E-state index is 12.5. The molecule has 2 aliphatic heterocycles. The molecule has 0 bridgehead atoms. The quantitative estimate of drug-likeness (QED) is 0.872. The fourth-order valence-electron chi connectivity index (χ4n) is 3.43. The number of morpholine rings is 1. The largest absolute Gasteiger partial charge is 0.378 e. The smallest absolute Gasteiger partial charge is 0.248 e. The molecule has 2 fully saturated rings. The van der Waals surface area contributed by atoms with Gasteiger partial charge in [-0.3, -0.25) is 9.69 Å². The molecule has 0 spiro atoms. The molecule has 144 valence electrons. The maximum atomic E-state index is 12.5. The first kappa shape index (κ1) is 18.2. The van der Waals surface area contributed by atoms with Crippen molar-refractivity contribution in [1.82, 2.24) is 9.97 Å². The van der Waals surface area contributed by atoms with Crippen molar-refractivity contribution in [3.05, 3.63) is 36.5 Å². The molecule has 0 saturated carbocycles. The summed E-state index contributed by atoms with van der Waals surface area (Å²) in [6, 6.07) is 11.9. The van der Waals surface area contributed by atoms with Crippen LogP contribution < -0.4 is 15.1 Å². The van der Waals surface area contributed by atoms with Gasteiger partial charge in [-0.05, 0) is 43.7 Å². The van der Waals surface area contributed by atoms with Crippen molar-refractivity contribution in [2.24, 2.45) is 5.41 Å². The Morgan fingerprint density at radius 3 is 2.61 bits per heavy atom. The molecule has 1 amide bonds. The lowest BCUT2D eigenvalue weighted by atomic mass is 9.91. The number of hydrogen-bond donors (Lipinski definition) is 1. The van der Waals surface area contributed by atoms with Crippen LogP contribution in [0.3, 0.4) is 0 Å². The molecule has 0 aliphatic carbocycles. The minimum Gasteiger partial charge on any atom is -0.378 e. The number of nitriles is 1. The average Bonchev–Trinajstić information content (AvgIpc) is 3.05. The van der Waals surface area contributed by atoms with Crippen LogP contribution in [0.15, 0.2) is 36.5 Å². The number of ether oxygens (including phenoxy) is 1. The SMILES string of the molecule is CC1(C#N)CCN(c2ccnc(Nc3ccc(N4CCOCC4)cc3)n2)C1=O. The molecule has 8 heteroatoms. The van der Waals surface area contributed by atoms with Crippen molar-refractivity contribution in [1.29, 1.82) is 5.26 Å². The highest BCUT2D eigenvalue weighted by atomic mass is 16.5. The molecule has 1 unspecified atom stereocenters. The number of carbonyl (C=O) groups excluding carboxylic acids is 1. The number of hydrogen-bond acceptors (Lipinski definition) is 7. The number of amides is 1. The van der Waals surface area contributed by atoms with Gasteiger partial charge in [0.05, 0.1) is 19.3 Å². The molecule has 28 heavy (non-hydrogen) atoms. The Bertz CT molecular complexity index is 904. The summed E-state index contributed by atoms with van der Waals surface area (Å²) in [5, 5.41) is 12.5. The first-order valence-corrected chi connectivity index (χ1v) is 9.35. The minimum atomic E-state index is -0.978. The van der Waals surface area contributed by atoms with Gasteiger partial charge in [-0.1, -0.05) is 0 Å². The van der Waals surface area contributed by atoms with Crippen molar-refractivity contribution in [3.63, 3.8) is 0 Å². The number of nitrogens with one attached hydrogen (secondary N) is 1. The van der Waals surface area contributed by atoms with E-state index in [-0.39, 0.29) is 5.91 Å². The number of nitrogens with zero attached hydrogens (tertiary/aromatic N) is 5. The second-order valence-electron chi connectivity index (χ2n) is 7.16. The highest BCUT2D eigenvalue weighted by Crippen LogP contribution is 2.33. The summed E-state index contributed by atoms with van der Waals surface area (Å²) in [6.45, 7) is 5.44. The molecule has 0 radical (unpaired) electrons. The van der Waals surface area contributed by atoms with Crippen LogP contribution in [0.2, 0.25) is 0 Å². The molecule has 8 nitrogen and oxygen atoms in total. The predicted octanol–water partition coefficient (Wildman–Crippen LogP) is 2.32. The highest BCUT2D eigenvalue weighted by molar-refractivity contribution is 6.00. The molecule has 1 N–H and O–H groups in total. The number of anilines is 4. The molecule has 3 heterocycles. The van der Waals surface area contributed by atoms with Gasteiger partial charge in [0.25, 0.3) is 0 Å². The van der Waals surface area contributed by atoms with Crippen molar-refractivity contribution < 1.29 is 9.53 Å². The number of aromatic nitrogens is 2. The third-order valence-electron chi connectivity index (χ3n) is 5.22. The topological polar surface area (TPSA) is 94.4 Å². The third kappa shape index (κ3) is 3.49. The number of carbonyl (C=O) groups is 1. The van der Waals surface area contributed by atoms with E-state index < -0.39 is 5.41 Å². The first-order chi connectivity index (χ1) is 13.6. The van der Waals surface area contributed by atoms with Crippen molar-refractivity contribution in [3.8, 4) is 6.07 Å². The van der Waals surface area contributed by atoms with Gasteiger partial charge < -0.3 is 15.0 Å².